The maximum atomic E-state index is 13.1. The van der Waals surface area contributed by atoms with Gasteiger partial charge in [-0.1, -0.05) is 52.7 Å². The topological polar surface area (TPSA) is 214 Å². The van der Waals surface area contributed by atoms with Crippen LogP contribution in [-0.2, 0) is 30.4 Å². The number of aliphatic carboxylic acids is 1. The fraction of sp³-hybridized carbons (Fsp3) is 0.560. The first-order valence-corrected chi connectivity index (χ1v) is 12.3. The third kappa shape index (κ3) is 10.1. The molecule has 206 valence electrons. The summed E-state index contributed by atoms with van der Waals surface area (Å²) in [6.45, 7) is 7.25. The van der Waals surface area contributed by atoms with Crippen LogP contribution < -0.4 is 27.4 Å². The van der Waals surface area contributed by atoms with Gasteiger partial charge in [-0.3, -0.25) is 19.2 Å². The highest BCUT2D eigenvalue weighted by Gasteiger charge is 2.33. The fourth-order valence-electron chi connectivity index (χ4n) is 3.48. The molecule has 6 unspecified atom stereocenters. The number of rotatable bonds is 15. The summed E-state index contributed by atoms with van der Waals surface area (Å²) in [5.41, 5.74) is 11.8. The van der Waals surface area contributed by atoms with Crippen molar-refractivity contribution in [2.24, 2.45) is 23.3 Å². The van der Waals surface area contributed by atoms with E-state index in [1.807, 2.05) is 20.8 Å². The molecule has 0 fully saturated rings. The number of carboxylic acids is 1. The van der Waals surface area contributed by atoms with E-state index in [9.17, 15) is 34.2 Å². The Hall–Kier alpha value is -3.67. The van der Waals surface area contributed by atoms with Gasteiger partial charge in [0.1, 0.15) is 23.9 Å². The third-order valence-electron chi connectivity index (χ3n) is 6.38. The van der Waals surface area contributed by atoms with Crippen molar-refractivity contribution in [3.05, 3.63) is 29.8 Å². The molecular formula is C25H39N5O7. The van der Waals surface area contributed by atoms with Crippen LogP contribution >= 0.6 is 0 Å². The van der Waals surface area contributed by atoms with E-state index in [1.165, 1.54) is 24.3 Å². The van der Waals surface area contributed by atoms with Crippen LogP contribution in [0.4, 0.5) is 0 Å². The number of carbonyl (C=O) groups excluding carboxylic acids is 4. The summed E-state index contributed by atoms with van der Waals surface area (Å²) in [5.74, 6) is -4.89. The molecule has 0 aliphatic carbocycles. The van der Waals surface area contributed by atoms with Gasteiger partial charge in [0.25, 0.3) is 0 Å². The van der Waals surface area contributed by atoms with Crippen LogP contribution in [0, 0.1) is 11.8 Å². The Labute approximate surface area is 216 Å². The minimum Gasteiger partial charge on any atom is -0.508 e. The van der Waals surface area contributed by atoms with Crippen molar-refractivity contribution in [1.82, 2.24) is 16.0 Å². The number of hydrogen-bond donors (Lipinski definition) is 7. The van der Waals surface area contributed by atoms with Crippen molar-refractivity contribution in [2.45, 2.75) is 77.5 Å². The molecule has 4 amide bonds. The molecule has 6 atom stereocenters. The molecule has 9 N–H and O–H groups in total. The fourth-order valence-corrected chi connectivity index (χ4v) is 3.48. The molecule has 0 radical (unpaired) electrons. The zero-order valence-corrected chi connectivity index (χ0v) is 21.7. The largest absolute Gasteiger partial charge is 0.508 e. The number of nitrogens with two attached hydrogens (primary N) is 2. The number of nitrogens with one attached hydrogen (secondary N) is 3. The standard InChI is InChI=1S/C25H39N5O7/c1-5-13(3)20(27)23(34)30-21(14(4)6-2)24(35)28-17(12-19(26)32)22(33)29-18(25(36)37)11-15-7-9-16(31)10-8-15/h7-10,13-14,17-18,20-21,31H,5-6,11-12,27H2,1-4H3,(H2,26,32)(H,28,35)(H,29,33)(H,30,34)(H,36,37). The van der Waals surface area contributed by atoms with Gasteiger partial charge in [0, 0.05) is 6.42 Å². The number of primary amides is 1. The van der Waals surface area contributed by atoms with Crippen LogP contribution in [0.1, 0.15) is 52.5 Å². The minimum atomic E-state index is -1.47. The summed E-state index contributed by atoms with van der Waals surface area (Å²) >= 11 is 0. The van der Waals surface area contributed by atoms with Gasteiger partial charge in [0.2, 0.25) is 23.6 Å². The molecular weight excluding hydrogens is 482 g/mol. The van der Waals surface area contributed by atoms with Gasteiger partial charge in [-0.15, -0.1) is 0 Å². The van der Waals surface area contributed by atoms with Gasteiger partial charge >= 0.3 is 5.97 Å². The van der Waals surface area contributed by atoms with Crippen molar-refractivity contribution in [1.29, 1.82) is 0 Å². The Balaban J connectivity index is 3.06. The lowest BCUT2D eigenvalue weighted by Gasteiger charge is -2.28. The summed E-state index contributed by atoms with van der Waals surface area (Å²) in [7, 11) is 0. The SMILES string of the molecule is CCC(C)C(N)C(=O)NC(C(=O)NC(CC(N)=O)C(=O)NC(Cc1ccc(O)cc1)C(=O)O)C(C)CC. The van der Waals surface area contributed by atoms with Crippen LogP contribution in [0.25, 0.3) is 0 Å². The molecule has 0 saturated heterocycles. The van der Waals surface area contributed by atoms with Crippen molar-refractivity contribution >= 4 is 29.6 Å². The lowest BCUT2D eigenvalue weighted by atomic mass is 9.95. The Morgan fingerprint density at radius 1 is 0.838 bits per heavy atom. The molecule has 0 heterocycles. The van der Waals surface area contributed by atoms with Crippen molar-refractivity contribution in [3.8, 4) is 5.75 Å². The molecule has 1 rings (SSSR count). The number of aromatic hydroxyl groups is 1. The lowest BCUT2D eigenvalue weighted by molar-refractivity contribution is -0.142. The molecule has 1 aromatic rings. The predicted octanol–water partition coefficient (Wildman–Crippen LogP) is -0.231. The third-order valence-corrected chi connectivity index (χ3v) is 6.38. The normalized spacial score (nSPS) is 15.8. The van der Waals surface area contributed by atoms with E-state index in [4.69, 9.17) is 11.5 Å². The van der Waals surface area contributed by atoms with Crippen LogP contribution in [-0.4, -0.2) is 64.0 Å². The second kappa shape index (κ2) is 14.8. The summed E-state index contributed by atoms with van der Waals surface area (Å²) < 4.78 is 0. The number of phenolic OH excluding ortho intramolecular Hbond substituents is 1. The van der Waals surface area contributed by atoms with Crippen LogP contribution in [0.3, 0.4) is 0 Å². The van der Waals surface area contributed by atoms with Gasteiger partial charge < -0.3 is 37.6 Å². The molecule has 1 aromatic carbocycles. The lowest BCUT2D eigenvalue weighted by Crippen LogP contribution is -2.59. The first-order chi connectivity index (χ1) is 17.3. The van der Waals surface area contributed by atoms with Crippen molar-refractivity contribution in [2.75, 3.05) is 0 Å². The van der Waals surface area contributed by atoms with E-state index in [-0.39, 0.29) is 24.0 Å². The van der Waals surface area contributed by atoms with Gasteiger partial charge in [-0.2, -0.15) is 0 Å². The highest BCUT2D eigenvalue weighted by atomic mass is 16.4. The highest BCUT2D eigenvalue weighted by molar-refractivity contribution is 5.96. The molecule has 0 aliphatic heterocycles. The van der Waals surface area contributed by atoms with E-state index in [2.05, 4.69) is 16.0 Å². The van der Waals surface area contributed by atoms with E-state index < -0.39 is 60.2 Å². The molecule has 37 heavy (non-hydrogen) atoms. The number of carboxylic acid groups (broad SMARTS) is 1. The zero-order chi connectivity index (χ0) is 28.3. The average Bonchev–Trinajstić information content (AvgIpc) is 2.85. The maximum absolute atomic E-state index is 13.1. The Bertz CT molecular complexity index is 953. The van der Waals surface area contributed by atoms with Crippen LogP contribution in [0.2, 0.25) is 0 Å². The number of phenols is 1. The molecule has 12 heteroatoms. The number of benzene rings is 1. The molecule has 0 aromatic heterocycles. The van der Waals surface area contributed by atoms with Crippen LogP contribution in [0.5, 0.6) is 5.75 Å². The predicted molar refractivity (Wildman–Crippen MR) is 136 cm³/mol. The molecule has 0 bridgehead atoms. The molecule has 0 aliphatic rings. The van der Waals surface area contributed by atoms with Crippen molar-refractivity contribution in [3.63, 3.8) is 0 Å². The smallest absolute Gasteiger partial charge is 0.326 e. The number of hydrogen-bond acceptors (Lipinski definition) is 7. The second-order valence-electron chi connectivity index (χ2n) is 9.28. The number of carbonyl (C=O) groups is 5. The summed E-state index contributed by atoms with van der Waals surface area (Å²) in [5, 5.41) is 26.4. The quantitative estimate of drug-likeness (QED) is 0.163. The summed E-state index contributed by atoms with van der Waals surface area (Å²) in [4.78, 5) is 62.1. The van der Waals surface area contributed by atoms with E-state index in [0.29, 0.717) is 18.4 Å². The van der Waals surface area contributed by atoms with E-state index in [0.717, 1.165) is 0 Å². The van der Waals surface area contributed by atoms with Crippen LogP contribution in [0.15, 0.2) is 24.3 Å². The van der Waals surface area contributed by atoms with E-state index >= 15 is 0 Å². The van der Waals surface area contributed by atoms with E-state index in [1.54, 1.807) is 6.92 Å². The zero-order valence-electron chi connectivity index (χ0n) is 21.7. The van der Waals surface area contributed by atoms with Gasteiger partial charge in [-0.05, 0) is 29.5 Å². The Morgan fingerprint density at radius 3 is 1.86 bits per heavy atom. The van der Waals surface area contributed by atoms with Crippen molar-refractivity contribution < 1.29 is 34.2 Å². The number of amides is 4. The van der Waals surface area contributed by atoms with Gasteiger partial charge in [0.15, 0.2) is 0 Å². The minimum absolute atomic E-state index is 0.00282. The molecule has 0 spiro atoms. The highest BCUT2D eigenvalue weighted by Crippen LogP contribution is 2.13. The summed E-state index contributed by atoms with van der Waals surface area (Å²) in [6, 6.07) is 1.01. The first kappa shape index (κ1) is 31.4. The van der Waals surface area contributed by atoms with Gasteiger partial charge in [-0.25, -0.2) is 4.79 Å². The first-order valence-electron chi connectivity index (χ1n) is 12.3. The second-order valence-corrected chi connectivity index (χ2v) is 9.28. The Kier molecular flexibility index (Phi) is 12.5. The summed E-state index contributed by atoms with van der Waals surface area (Å²) in [6.07, 6.45) is 0.468. The molecule has 0 saturated carbocycles. The average molecular weight is 522 g/mol. The molecule has 12 nitrogen and oxygen atoms in total. The monoisotopic (exact) mass is 521 g/mol. The maximum Gasteiger partial charge on any atom is 0.326 e. The Morgan fingerprint density at radius 2 is 1.38 bits per heavy atom. The van der Waals surface area contributed by atoms with Gasteiger partial charge in [0.05, 0.1) is 12.5 Å².